The Balaban J connectivity index is 2.99. The van der Waals surface area contributed by atoms with Crippen molar-refractivity contribution in [3.63, 3.8) is 0 Å². The molecule has 1 nitrogen and oxygen atoms in total. The Labute approximate surface area is 95.0 Å². The van der Waals surface area contributed by atoms with Gasteiger partial charge in [0.15, 0.2) is 0 Å². The third-order valence-corrected chi connectivity index (χ3v) is 2.96. The number of thioether (sulfide) groups is 1. The maximum absolute atomic E-state index is 5.99. The SMILES string of the molecule is CSc1ccc(Cl)cc1CC(C)(C)N. The summed E-state index contributed by atoms with van der Waals surface area (Å²) in [6.45, 7) is 4.05. The minimum atomic E-state index is -0.185. The number of nitrogens with two attached hydrogens (primary N) is 1. The molecular weight excluding hydrogens is 214 g/mol. The van der Waals surface area contributed by atoms with Crippen molar-refractivity contribution in [1.82, 2.24) is 0 Å². The maximum Gasteiger partial charge on any atom is 0.0409 e. The third kappa shape index (κ3) is 3.52. The van der Waals surface area contributed by atoms with Gasteiger partial charge in [-0.15, -0.1) is 11.8 Å². The second kappa shape index (κ2) is 4.56. The summed E-state index contributed by atoms with van der Waals surface area (Å²) in [7, 11) is 0. The monoisotopic (exact) mass is 229 g/mol. The molecular formula is C11H16ClNS. The molecule has 1 rings (SSSR count). The highest BCUT2D eigenvalue weighted by molar-refractivity contribution is 7.98. The lowest BCUT2D eigenvalue weighted by Crippen LogP contribution is -2.34. The molecule has 0 fully saturated rings. The minimum absolute atomic E-state index is 0.185. The molecule has 0 saturated heterocycles. The molecule has 1 aromatic carbocycles. The Morgan fingerprint density at radius 1 is 1.43 bits per heavy atom. The van der Waals surface area contributed by atoms with Gasteiger partial charge in [-0.3, -0.25) is 0 Å². The van der Waals surface area contributed by atoms with E-state index < -0.39 is 0 Å². The van der Waals surface area contributed by atoms with Gasteiger partial charge < -0.3 is 5.73 Å². The summed E-state index contributed by atoms with van der Waals surface area (Å²) in [6.07, 6.45) is 2.92. The van der Waals surface area contributed by atoms with Gasteiger partial charge in [0, 0.05) is 15.5 Å². The number of benzene rings is 1. The summed E-state index contributed by atoms with van der Waals surface area (Å²) in [5.74, 6) is 0. The molecule has 78 valence electrons. The van der Waals surface area contributed by atoms with Crippen LogP contribution in [0.15, 0.2) is 23.1 Å². The number of hydrogen-bond donors (Lipinski definition) is 1. The van der Waals surface area contributed by atoms with Crippen molar-refractivity contribution in [2.45, 2.75) is 30.7 Å². The van der Waals surface area contributed by atoms with Gasteiger partial charge in [-0.25, -0.2) is 0 Å². The molecule has 3 heteroatoms. The molecule has 0 aliphatic carbocycles. The zero-order chi connectivity index (χ0) is 10.8. The highest BCUT2D eigenvalue weighted by atomic mass is 35.5. The molecule has 0 radical (unpaired) electrons. The summed E-state index contributed by atoms with van der Waals surface area (Å²) in [5.41, 5.74) is 7.04. The Kier molecular flexibility index (Phi) is 3.87. The van der Waals surface area contributed by atoms with Crippen LogP contribution in [0.25, 0.3) is 0 Å². The van der Waals surface area contributed by atoms with E-state index in [1.807, 2.05) is 32.0 Å². The third-order valence-electron chi connectivity index (χ3n) is 1.89. The average Bonchev–Trinajstić information content (AvgIpc) is 2.01. The van der Waals surface area contributed by atoms with Crippen LogP contribution in [0.5, 0.6) is 0 Å². The first-order chi connectivity index (χ1) is 6.42. The maximum atomic E-state index is 5.99. The number of rotatable bonds is 3. The van der Waals surface area contributed by atoms with Crippen LogP contribution in [0.2, 0.25) is 5.02 Å². The van der Waals surface area contributed by atoms with Crippen molar-refractivity contribution in [2.75, 3.05) is 6.26 Å². The molecule has 0 spiro atoms. The van der Waals surface area contributed by atoms with Crippen LogP contribution in [0, 0.1) is 0 Å². The predicted octanol–water partition coefficient (Wildman–Crippen LogP) is 3.34. The topological polar surface area (TPSA) is 26.0 Å². The van der Waals surface area contributed by atoms with Gasteiger partial charge in [0.25, 0.3) is 0 Å². The van der Waals surface area contributed by atoms with Gasteiger partial charge in [-0.05, 0) is 50.3 Å². The molecule has 0 aliphatic rings. The molecule has 0 atom stereocenters. The molecule has 0 unspecified atom stereocenters. The van der Waals surface area contributed by atoms with Gasteiger partial charge in [0.05, 0.1) is 0 Å². The first-order valence-electron chi connectivity index (χ1n) is 4.54. The molecule has 0 saturated carbocycles. The van der Waals surface area contributed by atoms with Gasteiger partial charge >= 0.3 is 0 Å². The van der Waals surface area contributed by atoms with Crippen LogP contribution in [0.3, 0.4) is 0 Å². The first-order valence-corrected chi connectivity index (χ1v) is 6.14. The van der Waals surface area contributed by atoms with Crippen LogP contribution in [-0.4, -0.2) is 11.8 Å². The Morgan fingerprint density at radius 2 is 2.07 bits per heavy atom. The van der Waals surface area contributed by atoms with Crippen molar-refractivity contribution in [3.05, 3.63) is 28.8 Å². The van der Waals surface area contributed by atoms with Crippen LogP contribution in [0.4, 0.5) is 0 Å². The van der Waals surface area contributed by atoms with E-state index in [2.05, 4.69) is 6.26 Å². The highest BCUT2D eigenvalue weighted by Crippen LogP contribution is 2.26. The van der Waals surface area contributed by atoms with Crippen LogP contribution in [0.1, 0.15) is 19.4 Å². The van der Waals surface area contributed by atoms with E-state index in [-0.39, 0.29) is 5.54 Å². The molecule has 2 N–H and O–H groups in total. The fraction of sp³-hybridized carbons (Fsp3) is 0.455. The second-order valence-electron chi connectivity index (χ2n) is 4.12. The fourth-order valence-corrected chi connectivity index (χ4v) is 2.17. The van der Waals surface area contributed by atoms with E-state index in [4.69, 9.17) is 17.3 Å². The molecule has 0 bridgehead atoms. The average molecular weight is 230 g/mol. The molecule has 0 amide bonds. The Morgan fingerprint density at radius 3 is 2.57 bits per heavy atom. The van der Waals surface area contributed by atoms with E-state index in [0.717, 1.165) is 11.4 Å². The zero-order valence-electron chi connectivity index (χ0n) is 8.80. The van der Waals surface area contributed by atoms with Gasteiger partial charge in [-0.2, -0.15) is 0 Å². The summed E-state index contributed by atoms with van der Waals surface area (Å²) < 4.78 is 0. The van der Waals surface area contributed by atoms with Gasteiger partial charge in [-0.1, -0.05) is 11.6 Å². The van der Waals surface area contributed by atoms with Gasteiger partial charge in [0.1, 0.15) is 0 Å². The molecule has 14 heavy (non-hydrogen) atoms. The quantitative estimate of drug-likeness (QED) is 0.805. The van der Waals surface area contributed by atoms with E-state index in [1.54, 1.807) is 11.8 Å². The highest BCUT2D eigenvalue weighted by Gasteiger charge is 2.14. The summed E-state index contributed by atoms with van der Waals surface area (Å²) in [5, 5.41) is 0.780. The van der Waals surface area contributed by atoms with Crippen molar-refractivity contribution >= 4 is 23.4 Å². The fourth-order valence-electron chi connectivity index (χ4n) is 1.38. The zero-order valence-corrected chi connectivity index (χ0v) is 10.4. The summed E-state index contributed by atoms with van der Waals surface area (Å²) in [6, 6.07) is 5.97. The van der Waals surface area contributed by atoms with Crippen molar-refractivity contribution in [2.24, 2.45) is 5.73 Å². The molecule has 0 heterocycles. The first kappa shape index (κ1) is 11.9. The normalized spacial score (nSPS) is 11.8. The standard InChI is InChI=1S/C11H16ClNS/c1-11(2,13)7-8-6-9(12)4-5-10(8)14-3/h4-6H,7,13H2,1-3H3. The van der Waals surface area contributed by atoms with Gasteiger partial charge in [0.2, 0.25) is 0 Å². The van der Waals surface area contributed by atoms with Crippen LogP contribution >= 0.6 is 23.4 Å². The molecule has 0 aliphatic heterocycles. The molecule has 1 aromatic rings. The summed E-state index contributed by atoms with van der Waals surface area (Å²) in [4.78, 5) is 1.26. The lowest BCUT2D eigenvalue weighted by molar-refractivity contribution is 0.513. The van der Waals surface area contributed by atoms with E-state index in [1.165, 1.54) is 10.5 Å². The lowest BCUT2D eigenvalue weighted by atomic mass is 9.96. The largest absolute Gasteiger partial charge is 0.325 e. The van der Waals surface area contributed by atoms with E-state index in [9.17, 15) is 0 Å². The van der Waals surface area contributed by atoms with E-state index in [0.29, 0.717) is 0 Å². The summed E-state index contributed by atoms with van der Waals surface area (Å²) >= 11 is 7.68. The predicted molar refractivity (Wildman–Crippen MR) is 65.2 cm³/mol. The number of halogens is 1. The Bertz CT molecular complexity index is 318. The van der Waals surface area contributed by atoms with Crippen molar-refractivity contribution in [3.8, 4) is 0 Å². The minimum Gasteiger partial charge on any atom is -0.325 e. The lowest BCUT2D eigenvalue weighted by Gasteiger charge is -2.20. The molecule has 0 aromatic heterocycles. The number of hydrogen-bond acceptors (Lipinski definition) is 2. The van der Waals surface area contributed by atoms with E-state index >= 15 is 0 Å². The van der Waals surface area contributed by atoms with Crippen LogP contribution in [-0.2, 0) is 6.42 Å². The Hall–Kier alpha value is -0.180. The van der Waals surface area contributed by atoms with Crippen molar-refractivity contribution in [1.29, 1.82) is 0 Å². The second-order valence-corrected chi connectivity index (χ2v) is 5.41. The van der Waals surface area contributed by atoms with Crippen molar-refractivity contribution < 1.29 is 0 Å². The van der Waals surface area contributed by atoms with Crippen LogP contribution < -0.4 is 5.73 Å². The smallest absolute Gasteiger partial charge is 0.0409 e.